The van der Waals surface area contributed by atoms with Gasteiger partial charge in [-0.05, 0) is 39.0 Å². The van der Waals surface area contributed by atoms with E-state index in [4.69, 9.17) is 4.74 Å². The topological polar surface area (TPSA) is 79.7 Å². The fourth-order valence-corrected chi connectivity index (χ4v) is 3.14. The number of anilines is 1. The second kappa shape index (κ2) is 5.34. The minimum absolute atomic E-state index is 0.168. The van der Waals surface area contributed by atoms with Crippen molar-refractivity contribution in [3.8, 4) is 17.0 Å². The maximum absolute atomic E-state index is 12.3. The molecular weight excluding hydrogens is 316 g/mol. The van der Waals surface area contributed by atoms with Crippen molar-refractivity contribution < 1.29 is 19.4 Å². The molecular formula is C16H16N2O4S. The summed E-state index contributed by atoms with van der Waals surface area (Å²) < 4.78 is 5.43. The van der Waals surface area contributed by atoms with Gasteiger partial charge in [0.05, 0.1) is 16.4 Å². The van der Waals surface area contributed by atoms with Crippen LogP contribution >= 0.6 is 11.3 Å². The summed E-state index contributed by atoms with van der Waals surface area (Å²) in [4.78, 5) is 29.6. The Bertz CT molecular complexity index is 797. The van der Waals surface area contributed by atoms with Crippen LogP contribution in [0, 0.1) is 6.92 Å². The Balaban J connectivity index is 2.13. The molecule has 0 aliphatic carbocycles. The molecule has 6 nitrogen and oxygen atoms in total. The van der Waals surface area contributed by atoms with Gasteiger partial charge in [0.25, 0.3) is 5.91 Å². The Labute approximate surface area is 137 Å². The summed E-state index contributed by atoms with van der Waals surface area (Å²) >= 11 is 1.53. The number of aliphatic carboxylic acids is 1. The number of aromatic nitrogens is 1. The maximum atomic E-state index is 12.3. The van der Waals surface area contributed by atoms with Gasteiger partial charge >= 0.3 is 5.97 Å². The lowest BCUT2D eigenvalue weighted by Gasteiger charge is -2.38. The Morgan fingerprint density at radius 1 is 1.43 bits per heavy atom. The first kappa shape index (κ1) is 15.5. The van der Waals surface area contributed by atoms with Gasteiger partial charge in [-0.25, -0.2) is 9.78 Å². The molecule has 1 aromatic carbocycles. The first-order valence-corrected chi connectivity index (χ1v) is 7.94. The van der Waals surface area contributed by atoms with Crippen molar-refractivity contribution in [3.05, 3.63) is 28.6 Å². The molecule has 120 valence electrons. The average molecular weight is 332 g/mol. The van der Waals surface area contributed by atoms with E-state index in [0.717, 1.165) is 16.3 Å². The summed E-state index contributed by atoms with van der Waals surface area (Å²) in [7, 11) is 0. The summed E-state index contributed by atoms with van der Waals surface area (Å²) in [5.41, 5.74) is 0.697. The molecule has 1 aliphatic rings. The smallest absolute Gasteiger partial charge is 0.329 e. The number of fused-ring (bicyclic) bond motifs is 1. The number of amides is 1. The molecule has 23 heavy (non-hydrogen) atoms. The molecule has 2 heterocycles. The molecule has 0 saturated heterocycles. The number of aryl methyl sites for hydroxylation is 1. The Hall–Kier alpha value is -2.41. The van der Waals surface area contributed by atoms with Gasteiger partial charge in [0, 0.05) is 10.9 Å². The van der Waals surface area contributed by atoms with E-state index in [1.165, 1.54) is 30.1 Å². The molecule has 0 saturated carbocycles. The molecule has 1 amide bonds. The number of hydrogen-bond donors (Lipinski definition) is 1. The van der Waals surface area contributed by atoms with Gasteiger partial charge in [0.2, 0.25) is 0 Å². The van der Waals surface area contributed by atoms with Gasteiger partial charge in [-0.3, -0.25) is 9.69 Å². The molecule has 2 aromatic rings. The number of nitrogens with zero attached hydrogens (tertiary/aromatic N) is 2. The first-order chi connectivity index (χ1) is 10.8. The number of rotatable bonds is 3. The summed E-state index contributed by atoms with van der Waals surface area (Å²) in [6.45, 7) is 4.75. The molecule has 0 unspecified atom stereocenters. The van der Waals surface area contributed by atoms with Gasteiger partial charge in [-0.2, -0.15) is 0 Å². The van der Waals surface area contributed by atoms with Gasteiger partial charge in [-0.1, -0.05) is 0 Å². The molecule has 0 spiro atoms. The van der Waals surface area contributed by atoms with Crippen LogP contribution in [-0.2, 0) is 9.59 Å². The number of thiazole rings is 1. The van der Waals surface area contributed by atoms with E-state index in [9.17, 15) is 14.7 Å². The molecule has 0 atom stereocenters. The minimum Gasteiger partial charge on any atom is -0.482 e. The maximum Gasteiger partial charge on any atom is 0.329 e. The first-order valence-electron chi connectivity index (χ1n) is 7.06. The zero-order valence-corrected chi connectivity index (χ0v) is 13.8. The largest absolute Gasteiger partial charge is 0.482 e. The quantitative estimate of drug-likeness (QED) is 0.935. The second-order valence-electron chi connectivity index (χ2n) is 5.82. The van der Waals surface area contributed by atoms with Crippen LogP contribution in [0.5, 0.6) is 5.75 Å². The monoisotopic (exact) mass is 332 g/mol. The summed E-state index contributed by atoms with van der Waals surface area (Å²) in [6, 6.07) is 5.36. The zero-order chi connectivity index (χ0) is 16.8. The molecule has 3 rings (SSSR count). The number of ether oxygens (including phenoxy) is 1. The number of carbonyl (C=O) groups excluding carboxylic acids is 1. The number of hydrogen-bond acceptors (Lipinski definition) is 5. The number of carboxylic acids is 1. The molecule has 0 radical (unpaired) electrons. The van der Waals surface area contributed by atoms with E-state index in [0.29, 0.717) is 11.4 Å². The van der Waals surface area contributed by atoms with E-state index in [1.807, 2.05) is 18.4 Å². The third kappa shape index (κ3) is 2.57. The molecule has 0 bridgehead atoms. The Morgan fingerprint density at radius 2 is 2.17 bits per heavy atom. The lowest BCUT2D eigenvalue weighted by atomic mass is 9.99. The second-order valence-corrected chi connectivity index (χ2v) is 6.88. The van der Waals surface area contributed by atoms with Gasteiger partial charge in [0.15, 0.2) is 6.61 Å². The lowest BCUT2D eigenvalue weighted by Crippen LogP contribution is -2.56. The molecule has 0 fully saturated rings. The van der Waals surface area contributed by atoms with Crippen molar-refractivity contribution in [1.29, 1.82) is 0 Å². The highest BCUT2D eigenvalue weighted by atomic mass is 32.1. The van der Waals surface area contributed by atoms with E-state index in [-0.39, 0.29) is 12.5 Å². The van der Waals surface area contributed by atoms with Crippen molar-refractivity contribution in [2.75, 3.05) is 11.5 Å². The van der Waals surface area contributed by atoms with Crippen molar-refractivity contribution in [3.63, 3.8) is 0 Å². The van der Waals surface area contributed by atoms with Crippen LogP contribution in [0.4, 0.5) is 5.69 Å². The van der Waals surface area contributed by atoms with E-state index >= 15 is 0 Å². The van der Waals surface area contributed by atoms with E-state index < -0.39 is 11.5 Å². The van der Waals surface area contributed by atoms with Crippen LogP contribution < -0.4 is 9.64 Å². The van der Waals surface area contributed by atoms with Crippen LogP contribution in [0.25, 0.3) is 11.3 Å². The lowest BCUT2D eigenvalue weighted by molar-refractivity contribution is -0.144. The van der Waals surface area contributed by atoms with E-state index in [1.54, 1.807) is 12.1 Å². The molecule has 1 N–H and O–H groups in total. The van der Waals surface area contributed by atoms with Gasteiger partial charge < -0.3 is 9.84 Å². The highest BCUT2D eigenvalue weighted by Crippen LogP contribution is 2.39. The van der Waals surface area contributed by atoms with E-state index in [2.05, 4.69) is 4.98 Å². The van der Waals surface area contributed by atoms with Gasteiger partial charge in [0.1, 0.15) is 11.3 Å². The van der Waals surface area contributed by atoms with Crippen molar-refractivity contribution in [2.24, 2.45) is 0 Å². The molecule has 7 heteroatoms. The third-order valence-corrected chi connectivity index (χ3v) is 4.57. The fourth-order valence-electron chi connectivity index (χ4n) is 2.52. The Kier molecular flexibility index (Phi) is 3.60. The minimum atomic E-state index is -1.37. The number of carboxylic acid groups (broad SMARTS) is 1. The van der Waals surface area contributed by atoms with Crippen LogP contribution in [0.1, 0.15) is 18.9 Å². The highest BCUT2D eigenvalue weighted by Gasteiger charge is 2.42. The number of benzene rings is 1. The third-order valence-electron chi connectivity index (χ3n) is 3.80. The Morgan fingerprint density at radius 3 is 2.78 bits per heavy atom. The standard InChI is InChI=1S/C16H16N2O4S/c1-9-17-11(8-23-9)10-4-5-13-12(6-10)18(14(19)7-22-13)16(2,3)15(20)21/h4-6,8H,7H2,1-3H3,(H,20,21). The predicted molar refractivity (Wildman–Crippen MR) is 87.0 cm³/mol. The molecule has 1 aliphatic heterocycles. The fraction of sp³-hybridized carbons (Fsp3) is 0.312. The van der Waals surface area contributed by atoms with Crippen molar-refractivity contribution in [1.82, 2.24) is 4.98 Å². The summed E-state index contributed by atoms with van der Waals surface area (Å²) in [6.07, 6.45) is 0. The van der Waals surface area contributed by atoms with Crippen LogP contribution in [0.15, 0.2) is 23.6 Å². The van der Waals surface area contributed by atoms with Crippen molar-refractivity contribution >= 4 is 28.9 Å². The highest BCUT2D eigenvalue weighted by molar-refractivity contribution is 7.09. The number of carbonyl (C=O) groups is 2. The van der Waals surface area contributed by atoms with Crippen molar-refractivity contribution in [2.45, 2.75) is 26.3 Å². The van der Waals surface area contributed by atoms with Crippen LogP contribution in [0.3, 0.4) is 0 Å². The predicted octanol–water partition coefficient (Wildman–Crippen LogP) is 2.71. The zero-order valence-electron chi connectivity index (χ0n) is 13.0. The normalized spacial score (nSPS) is 14.4. The summed E-state index contributed by atoms with van der Waals surface area (Å²) in [5.74, 6) is -0.959. The summed E-state index contributed by atoms with van der Waals surface area (Å²) in [5, 5.41) is 12.3. The SMILES string of the molecule is Cc1nc(-c2ccc3c(c2)N(C(C)(C)C(=O)O)C(=O)CO3)cs1. The average Bonchev–Trinajstić information content (AvgIpc) is 2.92. The molecule has 1 aromatic heterocycles. The van der Waals surface area contributed by atoms with Crippen LogP contribution in [-0.4, -0.2) is 34.1 Å². The van der Waals surface area contributed by atoms with Gasteiger partial charge in [-0.15, -0.1) is 11.3 Å². The van der Waals surface area contributed by atoms with Crippen LogP contribution in [0.2, 0.25) is 0 Å².